The van der Waals surface area contributed by atoms with Crippen LogP contribution < -0.4 is 11.1 Å². The van der Waals surface area contributed by atoms with Crippen LogP contribution in [0, 0.1) is 0 Å². The smallest absolute Gasteiger partial charge is 0.251 e. The van der Waals surface area contributed by atoms with Crippen molar-refractivity contribution in [3.8, 4) is 5.69 Å². The SMILES string of the molecule is NC(=O)c1c(NC(=O)CSc2nnc(CN3CCCCC3)n2-c2ccccc2)sc2c1CCC2. The average molecular weight is 497 g/mol. The van der Waals surface area contributed by atoms with Gasteiger partial charge in [-0.3, -0.25) is 19.1 Å². The Morgan fingerprint density at radius 3 is 2.62 bits per heavy atom. The zero-order valence-corrected chi connectivity index (χ0v) is 20.6. The first kappa shape index (κ1) is 23.1. The van der Waals surface area contributed by atoms with Gasteiger partial charge in [-0.1, -0.05) is 36.4 Å². The molecule has 178 valence electrons. The van der Waals surface area contributed by atoms with Gasteiger partial charge in [-0.15, -0.1) is 21.5 Å². The minimum Gasteiger partial charge on any atom is -0.365 e. The Bertz CT molecular complexity index is 1180. The van der Waals surface area contributed by atoms with Gasteiger partial charge >= 0.3 is 0 Å². The van der Waals surface area contributed by atoms with E-state index in [2.05, 4.69) is 20.4 Å². The molecule has 0 radical (unpaired) electrons. The molecule has 1 fully saturated rings. The number of aryl methyl sites for hydroxylation is 1. The summed E-state index contributed by atoms with van der Waals surface area (Å²) in [6.07, 6.45) is 6.50. The number of likely N-dealkylation sites (tertiary alicyclic amines) is 1. The molecular weight excluding hydrogens is 468 g/mol. The monoisotopic (exact) mass is 496 g/mol. The summed E-state index contributed by atoms with van der Waals surface area (Å²) in [7, 11) is 0. The lowest BCUT2D eigenvalue weighted by molar-refractivity contribution is -0.113. The van der Waals surface area contributed by atoms with Gasteiger partial charge in [0.05, 0.1) is 17.9 Å². The van der Waals surface area contributed by atoms with Crippen LogP contribution in [0.1, 0.15) is 52.3 Å². The zero-order valence-electron chi connectivity index (χ0n) is 19.0. The molecule has 5 rings (SSSR count). The third kappa shape index (κ3) is 4.89. The summed E-state index contributed by atoms with van der Waals surface area (Å²) < 4.78 is 2.04. The maximum atomic E-state index is 12.8. The molecule has 1 aliphatic heterocycles. The molecule has 2 aromatic heterocycles. The summed E-state index contributed by atoms with van der Waals surface area (Å²) in [6, 6.07) is 10.0. The van der Waals surface area contributed by atoms with Gasteiger partial charge in [0.25, 0.3) is 5.91 Å². The van der Waals surface area contributed by atoms with Crippen molar-refractivity contribution in [2.24, 2.45) is 5.73 Å². The third-order valence-corrected chi connectivity index (χ3v) is 8.42. The number of hydrogen-bond acceptors (Lipinski definition) is 7. The van der Waals surface area contributed by atoms with Gasteiger partial charge < -0.3 is 11.1 Å². The number of carbonyl (C=O) groups is 2. The Hall–Kier alpha value is -2.69. The quantitative estimate of drug-likeness (QED) is 0.461. The number of nitrogens with zero attached hydrogens (tertiary/aromatic N) is 4. The van der Waals surface area contributed by atoms with Crippen LogP contribution in [-0.4, -0.2) is 50.3 Å². The van der Waals surface area contributed by atoms with Crippen molar-refractivity contribution < 1.29 is 9.59 Å². The zero-order chi connectivity index (χ0) is 23.5. The molecule has 3 heterocycles. The number of nitrogens with one attached hydrogen (secondary N) is 1. The molecule has 10 heteroatoms. The van der Waals surface area contributed by atoms with E-state index in [4.69, 9.17) is 5.73 Å². The van der Waals surface area contributed by atoms with Crippen molar-refractivity contribution in [3.05, 3.63) is 52.2 Å². The van der Waals surface area contributed by atoms with Gasteiger partial charge in [-0.2, -0.15) is 0 Å². The third-order valence-electron chi connectivity index (χ3n) is 6.28. The number of carbonyl (C=O) groups excluding carboxylic acids is 2. The van der Waals surface area contributed by atoms with Crippen LogP contribution in [0.5, 0.6) is 0 Å². The lowest BCUT2D eigenvalue weighted by Gasteiger charge is -2.26. The second-order valence-electron chi connectivity index (χ2n) is 8.67. The van der Waals surface area contributed by atoms with E-state index in [0.717, 1.165) is 60.8 Å². The van der Waals surface area contributed by atoms with E-state index in [-0.39, 0.29) is 11.7 Å². The fourth-order valence-electron chi connectivity index (χ4n) is 4.70. The van der Waals surface area contributed by atoms with Crippen LogP contribution in [0.2, 0.25) is 0 Å². The lowest BCUT2D eigenvalue weighted by atomic mass is 10.1. The number of primary amides is 1. The number of hydrogen-bond donors (Lipinski definition) is 2. The molecular formula is C24H28N6O2S2. The first-order valence-electron chi connectivity index (χ1n) is 11.7. The van der Waals surface area contributed by atoms with Crippen LogP contribution in [0.25, 0.3) is 5.69 Å². The van der Waals surface area contributed by atoms with E-state index >= 15 is 0 Å². The summed E-state index contributed by atoms with van der Waals surface area (Å²) in [5.74, 6) is 0.373. The Labute approximate surface area is 206 Å². The number of aromatic nitrogens is 3. The number of nitrogens with two attached hydrogens (primary N) is 1. The number of amides is 2. The Balaban J connectivity index is 1.32. The first-order valence-corrected chi connectivity index (χ1v) is 13.5. The molecule has 3 aromatic rings. The largest absolute Gasteiger partial charge is 0.365 e. The van der Waals surface area contributed by atoms with E-state index in [1.54, 1.807) is 0 Å². The molecule has 2 aliphatic rings. The Kier molecular flexibility index (Phi) is 6.98. The minimum absolute atomic E-state index is 0.162. The van der Waals surface area contributed by atoms with Crippen molar-refractivity contribution in [2.75, 3.05) is 24.2 Å². The number of thioether (sulfide) groups is 1. The molecule has 1 aliphatic carbocycles. The van der Waals surface area contributed by atoms with Crippen LogP contribution >= 0.6 is 23.1 Å². The highest BCUT2D eigenvalue weighted by molar-refractivity contribution is 7.99. The predicted octanol–water partition coefficient (Wildman–Crippen LogP) is 3.63. The molecule has 1 saturated heterocycles. The highest BCUT2D eigenvalue weighted by Crippen LogP contribution is 2.39. The molecule has 3 N–H and O–H groups in total. The van der Waals surface area contributed by atoms with Crippen LogP contribution in [0.3, 0.4) is 0 Å². The average Bonchev–Trinajstić information content (AvgIpc) is 3.53. The van der Waals surface area contributed by atoms with Gasteiger partial charge in [0.15, 0.2) is 11.0 Å². The molecule has 0 saturated carbocycles. The van der Waals surface area contributed by atoms with Crippen LogP contribution in [-0.2, 0) is 24.2 Å². The molecule has 8 nitrogen and oxygen atoms in total. The number of anilines is 1. The Morgan fingerprint density at radius 1 is 1.06 bits per heavy atom. The maximum Gasteiger partial charge on any atom is 0.251 e. The van der Waals surface area contributed by atoms with Gasteiger partial charge in [0.1, 0.15) is 5.00 Å². The van der Waals surface area contributed by atoms with Crippen LogP contribution in [0.4, 0.5) is 5.00 Å². The fourth-order valence-corrected chi connectivity index (χ4v) is 6.78. The van der Waals surface area contributed by atoms with Crippen molar-refractivity contribution in [3.63, 3.8) is 0 Å². The van der Waals surface area contributed by atoms with E-state index in [0.29, 0.717) is 15.7 Å². The van der Waals surface area contributed by atoms with E-state index in [9.17, 15) is 9.59 Å². The fraction of sp³-hybridized carbons (Fsp3) is 0.417. The summed E-state index contributed by atoms with van der Waals surface area (Å²) >= 11 is 2.81. The van der Waals surface area contributed by atoms with Gasteiger partial charge in [0, 0.05) is 10.6 Å². The summed E-state index contributed by atoms with van der Waals surface area (Å²) in [5, 5.41) is 13.1. The standard InChI is InChI=1S/C24H28N6O2S2/c25-22(32)21-17-10-7-11-18(17)34-23(21)26-20(31)15-33-24-28-27-19(14-29-12-5-2-6-13-29)30(24)16-8-3-1-4-9-16/h1,3-4,8-9H,2,5-7,10-15H2,(H2,25,32)(H,26,31). The number of piperidine rings is 1. The van der Waals surface area contributed by atoms with E-state index < -0.39 is 5.91 Å². The topological polar surface area (TPSA) is 106 Å². The van der Waals surface area contributed by atoms with E-state index in [1.807, 2.05) is 34.9 Å². The molecule has 2 amide bonds. The van der Waals surface area contributed by atoms with Crippen LogP contribution in [0.15, 0.2) is 35.5 Å². The summed E-state index contributed by atoms with van der Waals surface area (Å²) in [4.78, 5) is 28.4. The molecule has 0 atom stereocenters. The highest BCUT2D eigenvalue weighted by Gasteiger charge is 2.26. The van der Waals surface area contributed by atoms with Crippen molar-refractivity contribution in [1.82, 2.24) is 19.7 Å². The number of benzene rings is 1. The molecule has 0 bridgehead atoms. The number of fused-ring (bicyclic) bond motifs is 1. The first-order chi connectivity index (χ1) is 16.6. The highest BCUT2D eigenvalue weighted by atomic mass is 32.2. The Morgan fingerprint density at radius 2 is 1.85 bits per heavy atom. The molecule has 0 spiro atoms. The minimum atomic E-state index is -0.478. The van der Waals surface area contributed by atoms with Gasteiger partial charge in [0.2, 0.25) is 5.91 Å². The number of rotatable bonds is 8. The van der Waals surface area contributed by atoms with Crippen molar-refractivity contribution >= 4 is 39.9 Å². The number of thiophene rings is 1. The predicted molar refractivity (Wildman–Crippen MR) is 135 cm³/mol. The second kappa shape index (κ2) is 10.3. The maximum absolute atomic E-state index is 12.8. The lowest BCUT2D eigenvalue weighted by Crippen LogP contribution is -2.30. The summed E-state index contributed by atoms with van der Waals surface area (Å²) in [5.41, 5.74) is 8.09. The molecule has 0 unspecified atom stereocenters. The number of para-hydroxylation sites is 1. The summed E-state index contributed by atoms with van der Waals surface area (Å²) in [6.45, 7) is 2.87. The second-order valence-corrected chi connectivity index (χ2v) is 10.7. The normalized spacial score (nSPS) is 15.9. The van der Waals surface area contributed by atoms with Gasteiger partial charge in [-0.05, 0) is 62.9 Å². The molecule has 34 heavy (non-hydrogen) atoms. The van der Waals surface area contributed by atoms with Crippen molar-refractivity contribution in [1.29, 1.82) is 0 Å². The van der Waals surface area contributed by atoms with Gasteiger partial charge in [-0.25, -0.2) is 0 Å². The van der Waals surface area contributed by atoms with Crippen molar-refractivity contribution in [2.45, 2.75) is 50.2 Å². The van der Waals surface area contributed by atoms with E-state index in [1.165, 1.54) is 42.4 Å². The molecule has 1 aromatic carbocycles.